The fourth-order valence-electron chi connectivity index (χ4n) is 2.62. The molecule has 0 fully saturated rings. The van der Waals surface area contributed by atoms with Gasteiger partial charge < -0.3 is 10.1 Å². The van der Waals surface area contributed by atoms with Gasteiger partial charge in [-0.15, -0.1) is 0 Å². The van der Waals surface area contributed by atoms with Crippen LogP contribution in [0.2, 0.25) is 0 Å². The van der Waals surface area contributed by atoms with Gasteiger partial charge in [0.25, 0.3) is 5.91 Å². The van der Waals surface area contributed by atoms with Crippen LogP contribution < -0.4 is 5.32 Å². The van der Waals surface area contributed by atoms with Crippen molar-refractivity contribution in [3.63, 3.8) is 0 Å². The molecule has 0 saturated carbocycles. The highest BCUT2D eigenvalue weighted by atomic mass is 19.1. The molecule has 0 saturated heterocycles. The molecule has 0 spiro atoms. The fourth-order valence-corrected chi connectivity index (χ4v) is 2.62. The second kappa shape index (κ2) is 9.13. The van der Waals surface area contributed by atoms with Gasteiger partial charge in [-0.1, -0.05) is 50.2 Å². The summed E-state index contributed by atoms with van der Waals surface area (Å²) in [5.41, 5.74) is 2.03. The van der Waals surface area contributed by atoms with Crippen molar-refractivity contribution in [2.24, 2.45) is 5.92 Å². The molecule has 2 rings (SSSR count). The molecule has 1 N–H and O–H groups in total. The largest absolute Gasteiger partial charge is 0.452 e. The molecule has 0 aliphatic carbocycles. The summed E-state index contributed by atoms with van der Waals surface area (Å²) >= 11 is 0. The molecule has 2 aromatic carbocycles. The first-order chi connectivity index (χ1) is 12.4. The van der Waals surface area contributed by atoms with Crippen LogP contribution in [0.5, 0.6) is 0 Å². The van der Waals surface area contributed by atoms with Gasteiger partial charge in [-0.3, -0.25) is 4.79 Å². The lowest BCUT2D eigenvalue weighted by atomic mass is 10.00. The third kappa shape index (κ3) is 5.69. The molecular formula is C21H24FNO3. The standard InChI is InChI=1S/C21H24FNO3/c1-14(2)12-16-8-10-17(11-9-16)15(3)23-20(24)13-26-21(25)18-6-4-5-7-19(18)22/h4-11,14-15H,12-13H2,1-3H3,(H,23,24)/t15-/m0/s1. The first-order valence-electron chi connectivity index (χ1n) is 8.66. The predicted octanol–water partition coefficient (Wildman–Crippen LogP) is 4.06. The molecule has 26 heavy (non-hydrogen) atoms. The van der Waals surface area contributed by atoms with E-state index in [1.54, 1.807) is 0 Å². The summed E-state index contributed by atoms with van der Waals surface area (Å²) in [5.74, 6) is -1.38. The van der Waals surface area contributed by atoms with Crippen molar-refractivity contribution in [3.8, 4) is 0 Å². The number of carbonyl (C=O) groups is 2. The molecule has 4 nitrogen and oxygen atoms in total. The van der Waals surface area contributed by atoms with E-state index in [0.717, 1.165) is 12.0 Å². The van der Waals surface area contributed by atoms with Gasteiger partial charge in [-0.25, -0.2) is 9.18 Å². The van der Waals surface area contributed by atoms with Crippen molar-refractivity contribution < 1.29 is 18.7 Å². The topological polar surface area (TPSA) is 55.4 Å². The Morgan fingerprint density at radius 1 is 1.04 bits per heavy atom. The minimum Gasteiger partial charge on any atom is -0.452 e. The quantitative estimate of drug-likeness (QED) is 0.761. The van der Waals surface area contributed by atoms with E-state index in [2.05, 4.69) is 31.3 Å². The van der Waals surface area contributed by atoms with E-state index in [1.165, 1.54) is 29.8 Å². The number of carbonyl (C=O) groups excluding carboxylic acids is 2. The van der Waals surface area contributed by atoms with Gasteiger partial charge in [0.1, 0.15) is 5.82 Å². The summed E-state index contributed by atoms with van der Waals surface area (Å²) in [7, 11) is 0. The van der Waals surface area contributed by atoms with Gasteiger partial charge in [0.2, 0.25) is 0 Å². The Kier molecular flexibility index (Phi) is 6.89. The lowest BCUT2D eigenvalue weighted by Gasteiger charge is -2.15. The maximum Gasteiger partial charge on any atom is 0.341 e. The van der Waals surface area contributed by atoms with Gasteiger partial charge in [-0.2, -0.15) is 0 Å². The second-order valence-electron chi connectivity index (χ2n) is 6.68. The van der Waals surface area contributed by atoms with E-state index >= 15 is 0 Å². The summed E-state index contributed by atoms with van der Waals surface area (Å²) in [6, 6.07) is 13.3. The number of rotatable bonds is 7. The smallest absolute Gasteiger partial charge is 0.341 e. The Labute approximate surface area is 153 Å². The second-order valence-corrected chi connectivity index (χ2v) is 6.68. The maximum atomic E-state index is 13.5. The molecule has 0 aliphatic rings. The Bertz CT molecular complexity index is 756. The highest BCUT2D eigenvalue weighted by Gasteiger charge is 2.15. The van der Waals surface area contributed by atoms with Crippen molar-refractivity contribution in [2.45, 2.75) is 33.2 Å². The minimum absolute atomic E-state index is 0.186. The molecule has 0 unspecified atom stereocenters. The number of amides is 1. The van der Waals surface area contributed by atoms with Crippen molar-refractivity contribution in [2.75, 3.05) is 6.61 Å². The first-order valence-corrected chi connectivity index (χ1v) is 8.66. The molecule has 1 amide bonds. The van der Waals surface area contributed by atoms with E-state index in [1.807, 2.05) is 19.1 Å². The highest BCUT2D eigenvalue weighted by molar-refractivity contribution is 5.91. The molecule has 0 heterocycles. The normalized spacial score (nSPS) is 11.9. The van der Waals surface area contributed by atoms with Gasteiger partial charge >= 0.3 is 5.97 Å². The van der Waals surface area contributed by atoms with Crippen LogP contribution in [-0.2, 0) is 16.0 Å². The number of hydrogen-bond acceptors (Lipinski definition) is 3. The van der Waals surface area contributed by atoms with E-state index in [4.69, 9.17) is 4.74 Å². The van der Waals surface area contributed by atoms with Gasteiger partial charge in [0.05, 0.1) is 11.6 Å². The predicted molar refractivity (Wildman–Crippen MR) is 98.2 cm³/mol. The van der Waals surface area contributed by atoms with E-state index < -0.39 is 24.3 Å². The van der Waals surface area contributed by atoms with Gasteiger partial charge in [0.15, 0.2) is 6.61 Å². The Hall–Kier alpha value is -2.69. The Morgan fingerprint density at radius 2 is 1.69 bits per heavy atom. The zero-order valence-electron chi connectivity index (χ0n) is 15.3. The lowest BCUT2D eigenvalue weighted by molar-refractivity contribution is -0.124. The average Bonchev–Trinajstić information content (AvgIpc) is 2.60. The first kappa shape index (κ1) is 19.6. The number of benzene rings is 2. The van der Waals surface area contributed by atoms with Crippen LogP contribution in [-0.4, -0.2) is 18.5 Å². The Morgan fingerprint density at radius 3 is 2.31 bits per heavy atom. The van der Waals surface area contributed by atoms with Gasteiger partial charge in [-0.05, 0) is 42.5 Å². The summed E-state index contributed by atoms with van der Waals surface area (Å²) < 4.78 is 18.4. The summed E-state index contributed by atoms with van der Waals surface area (Å²) in [5, 5.41) is 2.77. The molecule has 0 aliphatic heterocycles. The van der Waals surface area contributed by atoms with Crippen molar-refractivity contribution >= 4 is 11.9 Å². The third-order valence-electron chi connectivity index (χ3n) is 3.93. The number of esters is 1. The molecule has 0 bridgehead atoms. The van der Waals surface area contributed by atoms with Crippen LogP contribution in [0, 0.1) is 11.7 Å². The van der Waals surface area contributed by atoms with Crippen LogP contribution >= 0.6 is 0 Å². The van der Waals surface area contributed by atoms with E-state index in [-0.39, 0.29) is 11.6 Å². The van der Waals surface area contributed by atoms with E-state index in [0.29, 0.717) is 5.92 Å². The number of nitrogens with one attached hydrogen (secondary N) is 1. The molecule has 138 valence electrons. The molecule has 0 aromatic heterocycles. The van der Waals surface area contributed by atoms with Crippen LogP contribution in [0.15, 0.2) is 48.5 Å². The third-order valence-corrected chi connectivity index (χ3v) is 3.93. The molecule has 5 heteroatoms. The summed E-state index contributed by atoms with van der Waals surface area (Å²) in [4.78, 5) is 23.8. The van der Waals surface area contributed by atoms with Crippen molar-refractivity contribution in [1.82, 2.24) is 5.32 Å². The number of halogens is 1. The molecule has 1 atom stereocenters. The lowest BCUT2D eigenvalue weighted by Crippen LogP contribution is -2.31. The highest BCUT2D eigenvalue weighted by Crippen LogP contribution is 2.15. The minimum atomic E-state index is -0.857. The zero-order chi connectivity index (χ0) is 19.1. The van der Waals surface area contributed by atoms with Crippen LogP contribution in [0.1, 0.15) is 48.3 Å². The van der Waals surface area contributed by atoms with Crippen LogP contribution in [0.25, 0.3) is 0 Å². The fraction of sp³-hybridized carbons (Fsp3) is 0.333. The monoisotopic (exact) mass is 357 g/mol. The number of ether oxygens (including phenoxy) is 1. The van der Waals surface area contributed by atoms with Crippen molar-refractivity contribution in [1.29, 1.82) is 0 Å². The SMILES string of the molecule is CC(C)Cc1ccc([C@H](C)NC(=O)COC(=O)c2ccccc2F)cc1. The Balaban J connectivity index is 1.85. The van der Waals surface area contributed by atoms with E-state index in [9.17, 15) is 14.0 Å². The number of hydrogen-bond donors (Lipinski definition) is 1. The van der Waals surface area contributed by atoms with Crippen LogP contribution in [0.3, 0.4) is 0 Å². The van der Waals surface area contributed by atoms with Gasteiger partial charge in [0, 0.05) is 0 Å². The summed E-state index contributed by atoms with van der Waals surface area (Å²) in [6.45, 7) is 5.73. The zero-order valence-corrected chi connectivity index (χ0v) is 15.3. The van der Waals surface area contributed by atoms with Crippen molar-refractivity contribution in [3.05, 3.63) is 71.0 Å². The summed E-state index contributed by atoms with van der Waals surface area (Å²) in [6.07, 6.45) is 1.01. The molecule has 0 radical (unpaired) electrons. The van der Waals surface area contributed by atoms with Crippen LogP contribution in [0.4, 0.5) is 4.39 Å². The molecule has 2 aromatic rings. The molecular weight excluding hydrogens is 333 g/mol. The maximum absolute atomic E-state index is 13.5. The average molecular weight is 357 g/mol.